The van der Waals surface area contributed by atoms with Gasteiger partial charge in [-0.25, -0.2) is 0 Å². The average molecular weight is 506 g/mol. The van der Waals surface area contributed by atoms with Crippen molar-refractivity contribution in [2.45, 2.75) is 51.9 Å². The van der Waals surface area contributed by atoms with Gasteiger partial charge in [-0.05, 0) is 37.8 Å². The number of carboxylic acid groups (broad SMARTS) is 1. The average Bonchev–Trinajstić information content (AvgIpc) is 3.19. The molecule has 2 aromatic rings. The van der Waals surface area contributed by atoms with Crippen molar-refractivity contribution in [2.24, 2.45) is 0 Å². The standard InChI is InChI=1S/C18H22BrClN2O4.C2H4O2/c1-23-15-10-13(18-21-16(26-22-18)5-4-7-19)14(20)9-12(15)11-25-17-6-2-3-8-24-17;1-2(3)4/h9-10,17H,2-8,11H2,1H3;1H3,(H,3,4). The molecule has 8 nitrogen and oxygen atoms in total. The van der Waals surface area contributed by atoms with Crippen LogP contribution in [0.15, 0.2) is 16.7 Å². The summed E-state index contributed by atoms with van der Waals surface area (Å²) in [6, 6.07) is 3.65. The first-order valence-electron chi connectivity index (χ1n) is 9.62. The first-order chi connectivity index (χ1) is 14.4. The van der Waals surface area contributed by atoms with Crippen LogP contribution in [0.2, 0.25) is 5.02 Å². The highest BCUT2D eigenvalue weighted by Crippen LogP contribution is 2.34. The number of hydrogen-bond donors (Lipinski definition) is 1. The number of carboxylic acids is 1. The number of halogens is 2. The van der Waals surface area contributed by atoms with Gasteiger partial charge in [-0.2, -0.15) is 4.98 Å². The van der Waals surface area contributed by atoms with E-state index in [1.807, 2.05) is 12.1 Å². The number of benzene rings is 1. The van der Waals surface area contributed by atoms with Crippen molar-refractivity contribution in [1.29, 1.82) is 0 Å². The van der Waals surface area contributed by atoms with E-state index in [4.69, 9.17) is 40.2 Å². The lowest BCUT2D eigenvalue weighted by atomic mass is 10.1. The molecule has 0 spiro atoms. The number of nitrogens with zero attached hydrogens (tertiary/aromatic N) is 2. The number of carbonyl (C=O) groups is 1. The summed E-state index contributed by atoms with van der Waals surface area (Å²) in [5.74, 6) is 0.893. The molecule has 166 valence electrons. The molecule has 1 saturated heterocycles. The highest BCUT2D eigenvalue weighted by Gasteiger charge is 2.18. The Kier molecular flexibility index (Phi) is 10.6. The molecule has 0 bridgehead atoms. The lowest BCUT2D eigenvalue weighted by Crippen LogP contribution is -2.22. The van der Waals surface area contributed by atoms with Crippen LogP contribution in [0.3, 0.4) is 0 Å². The zero-order valence-corrected chi connectivity index (χ0v) is 19.4. The second kappa shape index (κ2) is 12.9. The van der Waals surface area contributed by atoms with E-state index in [1.54, 1.807) is 7.11 Å². The molecule has 30 heavy (non-hydrogen) atoms. The highest BCUT2D eigenvalue weighted by atomic mass is 79.9. The van der Waals surface area contributed by atoms with Gasteiger partial charge in [-0.3, -0.25) is 4.79 Å². The third-order valence-electron chi connectivity index (χ3n) is 4.17. The normalized spacial score (nSPS) is 15.9. The van der Waals surface area contributed by atoms with E-state index in [9.17, 15) is 0 Å². The molecule has 1 N–H and O–H groups in total. The number of rotatable bonds is 8. The van der Waals surface area contributed by atoms with Gasteiger partial charge >= 0.3 is 0 Å². The first-order valence-corrected chi connectivity index (χ1v) is 11.1. The van der Waals surface area contributed by atoms with Crippen LogP contribution in [0, 0.1) is 0 Å². The van der Waals surface area contributed by atoms with E-state index < -0.39 is 5.97 Å². The maximum absolute atomic E-state index is 9.00. The van der Waals surface area contributed by atoms with Crippen LogP contribution in [-0.2, 0) is 27.3 Å². The summed E-state index contributed by atoms with van der Waals surface area (Å²) in [7, 11) is 1.62. The third-order valence-corrected chi connectivity index (χ3v) is 5.04. The smallest absolute Gasteiger partial charge is 0.300 e. The maximum atomic E-state index is 9.00. The summed E-state index contributed by atoms with van der Waals surface area (Å²) in [6.45, 7) is 2.20. The van der Waals surface area contributed by atoms with E-state index in [0.29, 0.717) is 34.7 Å². The van der Waals surface area contributed by atoms with Gasteiger partial charge in [-0.1, -0.05) is 32.7 Å². The number of aliphatic carboxylic acids is 1. The van der Waals surface area contributed by atoms with E-state index in [1.165, 1.54) is 0 Å². The lowest BCUT2D eigenvalue weighted by molar-refractivity contribution is -0.169. The molecule has 1 aliphatic heterocycles. The van der Waals surface area contributed by atoms with Gasteiger partial charge in [0.1, 0.15) is 5.75 Å². The number of methoxy groups -OCH3 is 1. The number of aryl methyl sites for hydroxylation is 1. The molecule has 1 aromatic carbocycles. The van der Waals surface area contributed by atoms with Gasteiger partial charge in [0.05, 0.1) is 18.7 Å². The zero-order chi connectivity index (χ0) is 21.9. The molecule has 0 radical (unpaired) electrons. The summed E-state index contributed by atoms with van der Waals surface area (Å²) in [5, 5.41) is 12.9. The number of aromatic nitrogens is 2. The fourth-order valence-corrected chi connectivity index (χ4v) is 3.33. The van der Waals surface area contributed by atoms with Crippen LogP contribution in [-0.4, -0.2) is 46.6 Å². The molecule has 3 rings (SSSR count). The minimum atomic E-state index is -0.833. The van der Waals surface area contributed by atoms with Crippen molar-refractivity contribution >= 4 is 33.5 Å². The Bertz CT molecular complexity index is 807. The Hall–Kier alpha value is -1.68. The van der Waals surface area contributed by atoms with Crippen molar-refractivity contribution in [3.63, 3.8) is 0 Å². The predicted octanol–water partition coefficient (Wildman–Crippen LogP) is 4.86. The van der Waals surface area contributed by atoms with Crippen molar-refractivity contribution in [1.82, 2.24) is 10.1 Å². The molecule has 0 aliphatic carbocycles. The summed E-state index contributed by atoms with van der Waals surface area (Å²) in [6.07, 6.45) is 4.61. The van der Waals surface area contributed by atoms with Gasteiger partial charge < -0.3 is 23.8 Å². The van der Waals surface area contributed by atoms with Crippen molar-refractivity contribution in [3.05, 3.63) is 28.6 Å². The maximum Gasteiger partial charge on any atom is 0.300 e. The Balaban J connectivity index is 0.000000735. The van der Waals surface area contributed by atoms with Gasteiger partial charge in [0.15, 0.2) is 6.29 Å². The minimum absolute atomic E-state index is 0.166. The molecule has 1 aromatic heterocycles. The fraction of sp³-hybridized carbons (Fsp3) is 0.550. The molecule has 2 heterocycles. The van der Waals surface area contributed by atoms with Crippen LogP contribution in [0.1, 0.15) is 44.1 Å². The molecule has 1 atom stereocenters. The van der Waals surface area contributed by atoms with E-state index >= 15 is 0 Å². The van der Waals surface area contributed by atoms with Crippen LogP contribution in [0.5, 0.6) is 5.75 Å². The predicted molar refractivity (Wildman–Crippen MR) is 115 cm³/mol. The molecule has 1 aliphatic rings. The monoisotopic (exact) mass is 504 g/mol. The molecule has 0 saturated carbocycles. The number of ether oxygens (including phenoxy) is 3. The topological polar surface area (TPSA) is 104 Å². The Morgan fingerprint density at radius 3 is 2.80 bits per heavy atom. The largest absolute Gasteiger partial charge is 0.496 e. The van der Waals surface area contributed by atoms with E-state index in [2.05, 4.69) is 26.1 Å². The Morgan fingerprint density at radius 1 is 1.40 bits per heavy atom. The van der Waals surface area contributed by atoms with Gasteiger partial charge in [0, 0.05) is 36.4 Å². The summed E-state index contributed by atoms with van der Waals surface area (Å²) in [5.41, 5.74) is 1.54. The highest BCUT2D eigenvalue weighted by molar-refractivity contribution is 9.09. The Morgan fingerprint density at radius 2 is 2.17 bits per heavy atom. The summed E-state index contributed by atoms with van der Waals surface area (Å²) in [4.78, 5) is 13.4. The minimum Gasteiger partial charge on any atom is -0.496 e. The second-order valence-corrected chi connectivity index (χ2v) is 7.77. The van der Waals surface area contributed by atoms with E-state index in [0.717, 1.165) is 56.5 Å². The molecule has 0 amide bonds. The van der Waals surface area contributed by atoms with Gasteiger partial charge in [0.25, 0.3) is 5.97 Å². The molecule has 10 heteroatoms. The molecule has 1 unspecified atom stereocenters. The van der Waals surface area contributed by atoms with Crippen molar-refractivity contribution in [2.75, 3.05) is 19.0 Å². The fourth-order valence-electron chi connectivity index (χ4n) is 2.78. The molecular weight excluding hydrogens is 480 g/mol. The van der Waals surface area contributed by atoms with E-state index in [-0.39, 0.29) is 6.29 Å². The Labute approximate surface area is 189 Å². The lowest BCUT2D eigenvalue weighted by Gasteiger charge is -2.23. The van der Waals surface area contributed by atoms with Crippen LogP contribution >= 0.6 is 27.5 Å². The first kappa shape index (κ1) is 24.6. The van der Waals surface area contributed by atoms with Crippen molar-refractivity contribution in [3.8, 4) is 17.1 Å². The van der Waals surface area contributed by atoms with Crippen molar-refractivity contribution < 1.29 is 28.6 Å². The van der Waals surface area contributed by atoms with Crippen LogP contribution < -0.4 is 4.74 Å². The second-order valence-electron chi connectivity index (χ2n) is 6.57. The third kappa shape index (κ3) is 7.86. The zero-order valence-electron chi connectivity index (χ0n) is 17.0. The number of hydrogen-bond acceptors (Lipinski definition) is 7. The summed E-state index contributed by atoms with van der Waals surface area (Å²) < 4.78 is 22.2. The SMILES string of the molecule is CC(=O)O.COc1cc(-c2noc(CCCBr)n2)c(Cl)cc1COC1CCCCO1. The molecular formula is C20H26BrClN2O6. The number of alkyl halides is 1. The molecule has 1 fully saturated rings. The summed E-state index contributed by atoms with van der Waals surface area (Å²) >= 11 is 9.85. The quantitative estimate of drug-likeness (QED) is 0.507. The van der Waals surface area contributed by atoms with Crippen LogP contribution in [0.25, 0.3) is 11.4 Å². The van der Waals surface area contributed by atoms with Gasteiger partial charge in [0.2, 0.25) is 11.7 Å². The van der Waals surface area contributed by atoms with Crippen LogP contribution in [0.4, 0.5) is 0 Å². The van der Waals surface area contributed by atoms with Gasteiger partial charge in [-0.15, -0.1) is 0 Å².